The Morgan fingerprint density at radius 1 is 1.12 bits per heavy atom. The Morgan fingerprint density at radius 2 is 1.92 bits per heavy atom. The zero-order valence-corrected chi connectivity index (χ0v) is 14.5. The molecule has 3 rings (SSSR count). The Bertz CT molecular complexity index is 902. The van der Waals surface area contributed by atoms with E-state index in [-0.39, 0.29) is 23.9 Å². The van der Waals surface area contributed by atoms with Crippen molar-refractivity contribution in [3.8, 4) is 5.75 Å². The van der Waals surface area contributed by atoms with Crippen LogP contribution < -0.4 is 10.1 Å². The number of ether oxygens (including phenoxy) is 1. The molecule has 0 saturated heterocycles. The number of halogens is 1. The zero-order chi connectivity index (χ0) is 18.0. The molecule has 0 bridgehead atoms. The van der Waals surface area contributed by atoms with Crippen LogP contribution in [0.3, 0.4) is 0 Å². The van der Waals surface area contributed by atoms with Gasteiger partial charge in [0.05, 0.1) is 12.1 Å². The van der Waals surface area contributed by atoms with Gasteiger partial charge in [-0.3, -0.25) is 4.79 Å². The topological polar surface area (TPSA) is 54.1 Å². The Hall–Kier alpha value is -2.82. The number of hydrogen-bond donors (Lipinski definition) is 2. The van der Waals surface area contributed by atoms with Crippen LogP contribution in [0.25, 0.3) is 10.9 Å². The van der Waals surface area contributed by atoms with E-state index in [9.17, 15) is 9.18 Å². The first-order valence-electron chi connectivity index (χ1n) is 8.28. The molecule has 0 radical (unpaired) electrons. The predicted octanol–water partition coefficient (Wildman–Crippen LogP) is 4.59. The average Bonchev–Trinajstić information content (AvgIpc) is 2.97. The molecular weight excluding hydrogens is 319 g/mol. The molecule has 2 aromatic carbocycles. The van der Waals surface area contributed by atoms with Gasteiger partial charge in [0.15, 0.2) is 0 Å². The van der Waals surface area contributed by atoms with Gasteiger partial charge in [-0.25, -0.2) is 4.39 Å². The zero-order valence-electron chi connectivity index (χ0n) is 14.5. The number of carbonyl (C=O) groups excluding carboxylic acids is 1. The van der Waals surface area contributed by atoms with Crippen molar-refractivity contribution in [2.45, 2.75) is 32.9 Å². The van der Waals surface area contributed by atoms with Crippen LogP contribution in [0.2, 0.25) is 0 Å². The minimum Gasteiger partial charge on any atom is -0.491 e. The van der Waals surface area contributed by atoms with Crippen molar-refractivity contribution >= 4 is 16.8 Å². The highest BCUT2D eigenvalue weighted by Gasteiger charge is 2.14. The summed E-state index contributed by atoms with van der Waals surface area (Å²) in [5, 5.41) is 3.62. The number of aromatic amines is 1. The SMILES string of the molecule is CC(C)Oc1cccc(C(C)NC(=O)c2cc3cc(F)ccc3[nH]2)c1. The van der Waals surface area contributed by atoms with Gasteiger partial charge in [0.25, 0.3) is 5.91 Å². The summed E-state index contributed by atoms with van der Waals surface area (Å²) in [5.41, 5.74) is 2.09. The summed E-state index contributed by atoms with van der Waals surface area (Å²) in [5.74, 6) is 0.211. The molecule has 0 aliphatic heterocycles. The smallest absolute Gasteiger partial charge is 0.268 e. The van der Waals surface area contributed by atoms with E-state index < -0.39 is 0 Å². The van der Waals surface area contributed by atoms with E-state index in [1.807, 2.05) is 45.0 Å². The van der Waals surface area contributed by atoms with Gasteiger partial charge in [0.2, 0.25) is 0 Å². The lowest BCUT2D eigenvalue weighted by molar-refractivity contribution is 0.0935. The third-order valence-electron chi connectivity index (χ3n) is 3.90. The van der Waals surface area contributed by atoms with Gasteiger partial charge in [-0.1, -0.05) is 12.1 Å². The number of benzene rings is 2. The lowest BCUT2D eigenvalue weighted by atomic mass is 10.1. The first kappa shape index (κ1) is 17.0. The number of rotatable bonds is 5. The molecule has 0 aliphatic carbocycles. The minimum atomic E-state index is -0.325. The van der Waals surface area contributed by atoms with Crippen LogP contribution in [0, 0.1) is 5.82 Å². The molecule has 0 spiro atoms. The van der Waals surface area contributed by atoms with Crippen LogP contribution in [-0.4, -0.2) is 17.0 Å². The number of fused-ring (bicyclic) bond motifs is 1. The maximum absolute atomic E-state index is 13.3. The van der Waals surface area contributed by atoms with E-state index in [4.69, 9.17) is 4.74 Å². The molecule has 0 saturated carbocycles. The van der Waals surface area contributed by atoms with Crippen molar-refractivity contribution in [3.05, 3.63) is 65.6 Å². The van der Waals surface area contributed by atoms with Gasteiger partial charge < -0.3 is 15.0 Å². The predicted molar refractivity (Wildman–Crippen MR) is 96.3 cm³/mol. The van der Waals surface area contributed by atoms with Gasteiger partial charge in [0, 0.05) is 10.9 Å². The van der Waals surface area contributed by atoms with Crippen LogP contribution >= 0.6 is 0 Å². The van der Waals surface area contributed by atoms with E-state index in [1.165, 1.54) is 12.1 Å². The van der Waals surface area contributed by atoms with E-state index >= 15 is 0 Å². The van der Waals surface area contributed by atoms with Crippen molar-refractivity contribution in [2.75, 3.05) is 0 Å². The van der Waals surface area contributed by atoms with Gasteiger partial charge in [-0.15, -0.1) is 0 Å². The van der Waals surface area contributed by atoms with Crippen LogP contribution in [0.4, 0.5) is 4.39 Å². The van der Waals surface area contributed by atoms with Crippen LogP contribution in [-0.2, 0) is 0 Å². The second-order valence-corrected chi connectivity index (χ2v) is 6.35. The van der Waals surface area contributed by atoms with E-state index in [2.05, 4.69) is 10.3 Å². The molecule has 0 aliphatic rings. The first-order chi connectivity index (χ1) is 11.9. The number of hydrogen-bond acceptors (Lipinski definition) is 2. The fourth-order valence-corrected chi connectivity index (χ4v) is 2.71. The van der Waals surface area contributed by atoms with E-state index in [0.717, 1.165) is 16.8 Å². The van der Waals surface area contributed by atoms with Crippen LogP contribution in [0.15, 0.2) is 48.5 Å². The van der Waals surface area contributed by atoms with Crippen molar-refractivity contribution in [1.82, 2.24) is 10.3 Å². The second-order valence-electron chi connectivity index (χ2n) is 6.35. The number of nitrogens with one attached hydrogen (secondary N) is 2. The Kier molecular flexibility index (Phi) is 4.74. The number of amides is 1. The molecular formula is C20H21FN2O2. The fourth-order valence-electron chi connectivity index (χ4n) is 2.71. The third-order valence-corrected chi connectivity index (χ3v) is 3.90. The molecule has 130 valence electrons. The lowest BCUT2D eigenvalue weighted by Crippen LogP contribution is -2.26. The average molecular weight is 340 g/mol. The Balaban J connectivity index is 1.75. The summed E-state index contributed by atoms with van der Waals surface area (Å²) >= 11 is 0. The van der Waals surface area contributed by atoms with Crippen molar-refractivity contribution < 1.29 is 13.9 Å². The maximum Gasteiger partial charge on any atom is 0.268 e. The quantitative estimate of drug-likeness (QED) is 0.714. The molecule has 25 heavy (non-hydrogen) atoms. The molecule has 1 atom stereocenters. The highest BCUT2D eigenvalue weighted by Crippen LogP contribution is 2.21. The van der Waals surface area contributed by atoms with Crippen LogP contribution in [0.1, 0.15) is 42.9 Å². The Labute approximate surface area is 146 Å². The van der Waals surface area contributed by atoms with Crippen LogP contribution in [0.5, 0.6) is 5.75 Å². The molecule has 1 amide bonds. The summed E-state index contributed by atoms with van der Waals surface area (Å²) in [6, 6.07) is 13.5. The van der Waals surface area contributed by atoms with Crippen molar-refractivity contribution in [2.24, 2.45) is 0 Å². The molecule has 5 heteroatoms. The molecule has 1 aromatic heterocycles. The Morgan fingerprint density at radius 3 is 2.68 bits per heavy atom. The number of H-pyrrole nitrogens is 1. The van der Waals surface area contributed by atoms with E-state index in [1.54, 1.807) is 12.1 Å². The summed E-state index contributed by atoms with van der Waals surface area (Å²) < 4.78 is 19.0. The second kappa shape index (κ2) is 6.97. The third kappa shape index (κ3) is 3.99. The normalized spacial score (nSPS) is 12.4. The molecule has 0 fully saturated rings. The van der Waals surface area contributed by atoms with E-state index in [0.29, 0.717) is 11.1 Å². The molecule has 1 heterocycles. The summed E-state index contributed by atoms with van der Waals surface area (Å²) in [4.78, 5) is 15.5. The summed E-state index contributed by atoms with van der Waals surface area (Å²) in [6.45, 7) is 5.85. The number of aromatic nitrogens is 1. The standard InChI is InChI=1S/C20H21FN2O2/c1-12(2)25-17-6-4-5-14(10-17)13(3)22-20(24)19-11-15-9-16(21)7-8-18(15)23-19/h4-13,23H,1-3H3,(H,22,24). The summed E-state index contributed by atoms with van der Waals surface area (Å²) in [6.07, 6.45) is 0.0897. The highest BCUT2D eigenvalue weighted by atomic mass is 19.1. The minimum absolute atomic E-state index is 0.0897. The first-order valence-corrected chi connectivity index (χ1v) is 8.28. The molecule has 2 N–H and O–H groups in total. The molecule has 1 unspecified atom stereocenters. The fraction of sp³-hybridized carbons (Fsp3) is 0.250. The van der Waals surface area contributed by atoms with Crippen molar-refractivity contribution in [3.63, 3.8) is 0 Å². The van der Waals surface area contributed by atoms with Gasteiger partial charge in [-0.2, -0.15) is 0 Å². The van der Waals surface area contributed by atoms with Crippen molar-refractivity contribution in [1.29, 1.82) is 0 Å². The summed E-state index contributed by atoms with van der Waals surface area (Å²) in [7, 11) is 0. The molecule has 3 aromatic rings. The largest absolute Gasteiger partial charge is 0.491 e. The monoisotopic (exact) mass is 340 g/mol. The van der Waals surface area contributed by atoms with Gasteiger partial charge in [-0.05, 0) is 62.7 Å². The number of carbonyl (C=O) groups is 1. The highest BCUT2D eigenvalue weighted by molar-refractivity contribution is 5.98. The lowest BCUT2D eigenvalue weighted by Gasteiger charge is -2.16. The molecule has 4 nitrogen and oxygen atoms in total. The maximum atomic E-state index is 13.3. The van der Waals surface area contributed by atoms with Gasteiger partial charge >= 0.3 is 0 Å². The van der Waals surface area contributed by atoms with Gasteiger partial charge in [0.1, 0.15) is 17.3 Å².